The number of rotatable bonds is 3. The third-order valence-electron chi connectivity index (χ3n) is 2.88. The molecule has 0 aromatic rings. The summed E-state index contributed by atoms with van der Waals surface area (Å²) in [6, 6.07) is 0.124. The third kappa shape index (κ3) is 3.21. The number of alkyl halides is 1. The number of likely N-dealkylation sites (tertiary alicyclic amines) is 1. The molecule has 84 valence electrons. The predicted molar refractivity (Wildman–Crippen MR) is 58.3 cm³/mol. The largest absolute Gasteiger partial charge is 0.303 e. The number of piperidine rings is 1. The van der Waals surface area contributed by atoms with E-state index in [2.05, 4.69) is 18.7 Å². The van der Waals surface area contributed by atoms with Gasteiger partial charge in [0.05, 0.1) is 0 Å². The van der Waals surface area contributed by atoms with Crippen molar-refractivity contribution in [2.24, 2.45) is 5.92 Å². The first kappa shape index (κ1) is 11.9. The van der Waals surface area contributed by atoms with Gasteiger partial charge in [-0.15, -0.1) is 0 Å². The fourth-order valence-electron chi connectivity index (χ4n) is 2.22. The van der Waals surface area contributed by atoms with E-state index in [1.165, 1.54) is 0 Å². The van der Waals surface area contributed by atoms with Crippen molar-refractivity contribution in [1.29, 1.82) is 0 Å². The van der Waals surface area contributed by atoms with E-state index >= 15 is 0 Å². The smallest absolute Gasteiger partial charge is 0.128 e. The molecule has 1 saturated heterocycles. The van der Waals surface area contributed by atoms with Crippen LogP contribution in [0.1, 0.15) is 20.3 Å². The standard InChI is InChI=1S/C11H23FN2/c1-9(2)7-14-6-5-11(13(3)4)10(12)8-14/h9-11H,5-8H2,1-4H3. The van der Waals surface area contributed by atoms with Crippen LogP contribution in [0.5, 0.6) is 0 Å². The first-order valence-electron chi connectivity index (χ1n) is 5.53. The highest BCUT2D eigenvalue weighted by molar-refractivity contribution is 4.85. The lowest BCUT2D eigenvalue weighted by Gasteiger charge is -2.38. The Labute approximate surface area is 87.1 Å². The Morgan fingerprint density at radius 2 is 2.07 bits per heavy atom. The van der Waals surface area contributed by atoms with Crippen molar-refractivity contribution in [3.8, 4) is 0 Å². The molecular weight excluding hydrogens is 179 g/mol. The molecule has 3 heteroatoms. The van der Waals surface area contributed by atoms with Gasteiger partial charge < -0.3 is 9.80 Å². The second kappa shape index (κ2) is 5.08. The van der Waals surface area contributed by atoms with Crippen LogP contribution in [0.15, 0.2) is 0 Å². The molecule has 2 nitrogen and oxygen atoms in total. The van der Waals surface area contributed by atoms with E-state index < -0.39 is 6.17 Å². The molecule has 1 rings (SSSR count). The molecule has 0 aliphatic carbocycles. The Hall–Kier alpha value is -0.150. The van der Waals surface area contributed by atoms with E-state index in [1.807, 2.05) is 19.0 Å². The minimum Gasteiger partial charge on any atom is -0.303 e. The summed E-state index contributed by atoms with van der Waals surface area (Å²) in [4.78, 5) is 4.26. The Morgan fingerprint density at radius 3 is 2.50 bits per heavy atom. The second-order valence-electron chi connectivity index (χ2n) is 4.99. The molecule has 1 heterocycles. The molecule has 0 N–H and O–H groups in total. The molecule has 1 aliphatic heterocycles. The summed E-state index contributed by atoms with van der Waals surface area (Å²) in [5, 5.41) is 0. The lowest BCUT2D eigenvalue weighted by molar-refractivity contribution is 0.0528. The van der Waals surface area contributed by atoms with Crippen molar-refractivity contribution < 1.29 is 4.39 Å². The van der Waals surface area contributed by atoms with Gasteiger partial charge in [0, 0.05) is 19.1 Å². The normalized spacial score (nSPS) is 30.2. The van der Waals surface area contributed by atoms with Crippen LogP contribution in [0.2, 0.25) is 0 Å². The highest BCUT2D eigenvalue weighted by Crippen LogP contribution is 2.18. The summed E-state index contributed by atoms with van der Waals surface area (Å²) in [7, 11) is 3.94. The lowest BCUT2D eigenvalue weighted by Crippen LogP contribution is -2.50. The van der Waals surface area contributed by atoms with E-state index in [1.54, 1.807) is 0 Å². The Balaban J connectivity index is 2.39. The highest BCUT2D eigenvalue weighted by atomic mass is 19.1. The molecule has 1 fully saturated rings. The SMILES string of the molecule is CC(C)CN1CCC(N(C)C)C(F)C1. The maximum absolute atomic E-state index is 13.7. The molecule has 0 amide bonds. The highest BCUT2D eigenvalue weighted by Gasteiger charge is 2.30. The van der Waals surface area contributed by atoms with Crippen molar-refractivity contribution >= 4 is 0 Å². The molecule has 14 heavy (non-hydrogen) atoms. The van der Waals surface area contributed by atoms with Gasteiger partial charge in [-0.3, -0.25) is 0 Å². The van der Waals surface area contributed by atoms with Crippen molar-refractivity contribution in [3.63, 3.8) is 0 Å². The van der Waals surface area contributed by atoms with Gasteiger partial charge in [-0.05, 0) is 33.0 Å². The van der Waals surface area contributed by atoms with Gasteiger partial charge in [0.15, 0.2) is 0 Å². The van der Waals surface area contributed by atoms with Crippen molar-refractivity contribution in [2.75, 3.05) is 33.7 Å². The van der Waals surface area contributed by atoms with Crippen molar-refractivity contribution in [3.05, 3.63) is 0 Å². The van der Waals surface area contributed by atoms with Crippen LogP contribution >= 0.6 is 0 Å². The van der Waals surface area contributed by atoms with Crippen LogP contribution in [0.3, 0.4) is 0 Å². The molecule has 1 aliphatic rings. The second-order valence-corrected chi connectivity index (χ2v) is 4.99. The van der Waals surface area contributed by atoms with Gasteiger partial charge in [0.25, 0.3) is 0 Å². The predicted octanol–water partition coefficient (Wildman–Crippen LogP) is 1.62. The summed E-state index contributed by atoms with van der Waals surface area (Å²) in [6.45, 7) is 7.06. The van der Waals surface area contributed by atoms with Crippen molar-refractivity contribution in [1.82, 2.24) is 9.80 Å². The molecule has 0 aromatic carbocycles. The van der Waals surface area contributed by atoms with E-state index in [0.29, 0.717) is 12.5 Å². The number of hydrogen-bond donors (Lipinski definition) is 0. The van der Waals surface area contributed by atoms with E-state index in [9.17, 15) is 4.39 Å². The van der Waals surface area contributed by atoms with Gasteiger partial charge in [-0.2, -0.15) is 0 Å². The van der Waals surface area contributed by atoms with Crippen LogP contribution in [-0.4, -0.2) is 55.7 Å². The molecule has 0 bridgehead atoms. The summed E-state index contributed by atoms with van der Waals surface area (Å²) in [5.41, 5.74) is 0. The maximum Gasteiger partial charge on any atom is 0.128 e. The van der Waals surface area contributed by atoms with Gasteiger partial charge in [0.2, 0.25) is 0 Å². The Morgan fingerprint density at radius 1 is 1.43 bits per heavy atom. The summed E-state index contributed by atoms with van der Waals surface area (Å²) in [5.74, 6) is 0.637. The van der Waals surface area contributed by atoms with E-state index in [4.69, 9.17) is 0 Å². The average molecular weight is 202 g/mol. The number of hydrogen-bond acceptors (Lipinski definition) is 2. The fourth-order valence-corrected chi connectivity index (χ4v) is 2.22. The van der Waals surface area contributed by atoms with Crippen LogP contribution in [0.4, 0.5) is 4.39 Å². The van der Waals surface area contributed by atoms with E-state index in [0.717, 1.165) is 19.5 Å². The lowest BCUT2D eigenvalue weighted by atomic mass is 10.0. The molecule has 0 spiro atoms. The van der Waals surface area contributed by atoms with E-state index in [-0.39, 0.29) is 6.04 Å². The van der Waals surface area contributed by atoms with Crippen LogP contribution in [0, 0.1) is 5.92 Å². The molecule has 2 atom stereocenters. The maximum atomic E-state index is 13.7. The third-order valence-corrected chi connectivity index (χ3v) is 2.88. The Bertz CT molecular complexity index is 171. The summed E-state index contributed by atoms with van der Waals surface area (Å²) < 4.78 is 13.7. The molecule has 0 aromatic heterocycles. The van der Waals surface area contributed by atoms with Gasteiger partial charge >= 0.3 is 0 Å². The minimum atomic E-state index is -0.683. The molecular formula is C11H23FN2. The van der Waals surface area contributed by atoms with Gasteiger partial charge in [-0.1, -0.05) is 13.8 Å². The zero-order chi connectivity index (χ0) is 10.7. The Kier molecular flexibility index (Phi) is 4.32. The zero-order valence-corrected chi connectivity index (χ0v) is 9.83. The number of nitrogens with zero attached hydrogens (tertiary/aromatic N) is 2. The van der Waals surface area contributed by atoms with Gasteiger partial charge in [0.1, 0.15) is 6.17 Å². The van der Waals surface area contributed by atoms with Crippen LogP contribution < -0.4 is 0 Å². The molecule has 0 saturated carbocycles. The average Bonchev–Trinajstić information content (AvgIpc) is 2.01. The first-order chi connectivity index (χ1) is 6.50. The quantitative estimate of drug-likeness (QED) is 0.686. The topological polar surface area (TPSA) is 6.48 Å². The summed E-state index contributed by atoms with van der Waals surface area (Å²) >= 11 is 0. The fraction of sp³-hybridized carbons (Fsp3) is 1.00. The van der Waals surface area contributed by atoms with Crippen LogP contribution in [0.25, 0.3) is 0 Å². The van der Waals surface area contributed by atoms with Crippen molar-refractivity contribution in [2.45, 2.75) is 32.5 Å². The molecule has 0 radical (unpaired) electrons. The molecule has 2 unspecified atom stereocenters. The minimum absolute atomic E-state index is 0.124. The first-order valence-corrected chi connectivity index (χ1v) is 5.53. The number of halogens is 1. The summed E-state index contributed by atoms with van der Waals surface area (Å²) in [6.07, 6.45) is 0.276. The zero-order valence-electron chi connectivity index (χ0n) is 9.83. The van der Waals surface area contributed by atoms with Gasteiger partial charge in [-0.25, -0.2) is 4.39 Å². The van der Waals surface area contributed by atoms with Crippen LogP contribution in [-0.2, 0) is 0 Å². The monoisotopic (exact) mass is 202 g/mol.